The van der Waals surface area contributed by atoms with Gasteiger partial charge in [0.05, 0.1) is 12.6 Å². The topological polar surface area (TPSA) is 52.6 Å². The Kier molecular flexibility index (Phi) is 5.61. The molecule has 1 fully saturated rings. The fourth-order valence-corrected chi connectivity index (χ4v) is 2.32. The first-order valence-electron chi connectivity index (χ1n) is 6.49. The van der Waals surface area contributed by atoms with Gasteiger partial charge in [-0.2, -0.15) is 13.2 Å². The number of likely N-dealkylation sites (tertiary alicyclic amines) is 1. The standard InChI is InChI=1S/C12H21F3N2O2/c1-3-11(19)17-5-9(8(2)18)4-10(6-17)16-7-12(13,14)15/h8-10,16,18H,3-7H2,1-2H3. The number of piperidine rings is 1. The van der Waals surface area contributed by atoms with Gasteiger partial charge in [-0.25, -0.2) is 0 Å². The van der Waals surface area contributed by atoms with E-state index in [9.17, 15) is 23.1 Å². The first-order valence-corrected chi connectivity index (χ1v) is 6.49. The third-order valence-corrected chi connectivity index (χ3v) is 3.41. The molecule has 1 aliphatic rings. The van der Waals surface area contributed by atoms with Crippen LogP contribution in [0.25, 0.3) is 0 Å². The molecule has 1 aliphatic heterocycles. The number of carbonyl (C=O) groups is 1. The van der Waals surface area contributed by atoms with Crippen molar-refractivity contribution in [2.24, 2.45) is 5.92 Å². The van der Waals surface area contributed by atoms with Gasteiger partial charge in [-0.1, -0.05) is 6.92 Å². The summed E-state index contributed by atoms with van der Waals surface area (Å²) in [4.78, 5) is 13.2. The van der Waals surface area contributed by atoms with Crippen LogP contribution in [-0.4, -0.2) is 53.9 Å². The van der Waals surface area contributed by atoms with Crippen LogP contribution in [0.4, 0.5) is 13.2 Å². The molecule has 19 heavy (non-hydrogen) atoms. The highest BCUT2D eigenvalue weighted by atomic mass is 19.4. The number of nitrogens with one attached hydrogen (secondary N) is 1. The van der Waals surface area contributed by atoms with Crippen LogP contribution < -0.4 is 5.32 Å². The average molecular weight is 282 g/mol. The molecule has 1 rings (SSSR count). The van der Waals surface area contributed by atoms with E-state index in [-0.39, 0.29) is 18.4 Å². The number of halogens is 3. The molecule has 7 heteroatoms. The second-order valence-corrected chi connectivity index (χ2v) is 5.08. The SMILES string of the molecule is CCC(=O)N1CC(NCC(F)(F)F)CC(C(C)O)C1. The third-order valence-electron chi connectivity index (χ3n) is 3.41. The van der Waals surface area contributed by atoms with E-state index in [4.69, 9.17) is 0 Å². The second-order valence-electron chi connectivity index (χ2n) is 5.08. The van der Waals surface area contributed by atoms with E-state index >= 15 is 0 Å². The van der Waals surface area contributed by atoms with E-state index in [2.05, 4.69) is 5.32 Å². The minimum atomic E-state index is -4.27. The van der Waals surface area contributed by atoms with Gasteiger partial charge in [-0.3, -0.25) is 4.79 Å². The first-order chi connectivity index (χ1) is 8.73. The van der Waals surface area contributed by atoms with E-state index in [1.165, 1.54) is 4.90 Å². The van der Waals surface area contributed by atoms with E-state index < -0.39 is 24.9 Å². The zero-order chi connectivity index (χ0) is 14.6. The zero-order valence-corrected chi connectivity index (χ0v) is 11.2. The molecule has 3 atom stereocenters. The first kappa shape index (κ1) is 16.2. The molecule has 0 aromatic heterocycles. The van der Waals surface area contributed by atoms with Crippen LogP contribution in [0.1, 0.15) is 26.7 Å². The van der Waals surface area contributed by atoms with Crippen LogP contribution in [0.5, 0.6) is 0 Å². The van der Waals surface area contributed by atoms with E-state index in [0.29, 0.717) is 19.4 Å². The van der Waals surface area contributed by atoms with Crippen LogP contribution in [0.3, 0.4) is 0 Å². The van der Waals surface area contributed by atoms with Gasteiger partial charge in [0.25, 0.3) is 0 Å². The maximum atomic E-state index is 12.2. The molecule has 0 saturated carbocycles. The number of aliphatic hydroxyl groups is 1. The predicted octanol–water partition coefficient (Wildman–Crippen LogP) is 1.15. The predicted molar refractivity (Wildman–Crippen MR) is 64.5 cm³/mol. The van der Waals surface area contributed by atoms with Crippen LogP contribution in [0.15, 0.2) is 0 Å². The van der Waals surface area contributed by atoms with E-state index in [1.54, 1.807) is 13.8 Å². The van der Waals surface area contributed by atoms with Gasteiger partial charge >= 0.3 is 6.18 Å². The zero-order valence-electron chi connectivity index (χ0n) is 11.2. The lowest BCUT2D eigenvalue weighted by atomic mass is 9.90. The smallest absolute Gasteiger partial charge is 0.393 e. The number of rotatable bonds is 4. The number of hydrogen-bond donors (Lipinski definition) is 2. The molecular weight excluding hydrogens is 261 g/mol. The molecule has 3 unspecified atom stereocenters. The lowest BCUT2D eigenvalue weighted by Crippen LogP contribution is -2.54. The summed E-state index contributed by atoms with van der Waals surface area (Å²) in [5, 5.41) is 12.0. The molecular formula is C12H21F3N2O2. The normalized spacial score (nSPS) is 26.3. The van der Waals surface area contributed by atoms with Gasteiger partial charge in [-0.15, -0.1) is 0 Å². The van der Waals surface area contributed by atoms with Crippen molar-refractivity contribution in [2.75, 3.05) is 19.6 Å². The highest BCUT2D eigenvalue weighted by Crippen LogP contribution is 2.22. The minimum Gasteiger partial charge on any atom is -0.393 e. The summed E-state index contributed by atoms with van der Waals surface area (Å²) < 4.78 is 36.6. The van der Waals surface area contributed by atoms with Crippen LogP contribution >= 0.6 is 0 Å². The van der Waals surface area contributed by atoms with E-state index in [0.717, 1.165) is 0 Å². The second kappa shape index (κ2) is 6.56. The summed E-state index contributed by atoms with van der Waals surface area (Å²) in [7, 11) is 0. The molecule has 4 nitrogen and oxygen atoms in total. The molecule has 0 aromatic carbocycles. The van der Waals surface area contributed by atoms with Crippen molar-refractivity contribution in [3.8, 4) is 0 Å². The Bertz CT molecular complexity index is 308. The summed E-state index contributed by atoms with van der Waals surface area (Å²) in [5.41, 5.74) is 0. The summed E-state index contributed by atoms with van der Waals surface area (Å²) >= 11 is 0. The van der Waals surface area contributed by atoms with E-state index in [1.807, 2.05) is 0 Å². The monoisotopic (exact) mass is 282 g/mol. The Labute approximate surface area is 111 Å². The number of hydrogen-bond acceptors (Lipinski definition) is 3. The number of alkyl halides is 3. The van der Waals surface area contributed by atoms with Crippen LogP contribution in [0, 0.1) is 5.92 Å². The van der Waals surface area contributed by atoms with Crippen molar-refractivity contribution >= 4 is 5.91 Å². The Hall–Kier alpha value is -0.820. The average Bonchev–Trinajstić information content (AvgIpc) is 2.34. The van der Waals surface area contributed by atoms with Crippen LogP contribution in [0.2, 0.25) is 0 Å². The van der Waals surface area contributed by atoms with Gasteiger partial charge < -0.3 is 15.3 Å². The maximum Gasteiger partial charge on any atom is 0.401 e. The Balaban J connectivity index is 2.62. The fourth-order valence-electron chi connectivity index (χ4n) is 2.32. The fraction of sp³-hybridized carbons (Fsp3) is 0.917. The van der Waals surface area contributed by atoms with Gasteiger partial charge in [0.15, 0.2) is 0 Å². The van der Waals surface area contributed by atoms with Gasteiger partial charge in [0.1, 0.15) is 0 Å². The number of aliphatic hydroxyl groups excluding tert-OH is 1. The highest BCUT2D eigenvalue weighted by molar-refractivity contribution is 5.76. The summed E-state index contributed by atoms with van der Waals surface area (Å²) in [6.07, 6.45) is -4.14. The quantitative estimate of drug-likeness (QED) is 0.813. The molecule has 1 amide bonds. The number of nitrogens with zero attached hydrogens (tertiary/aromatic N) is 1. The highest BCUT2D eigenvalue weighted by Gasteiger charge is 2.34. The van der Waals surface area contributed by atoms with Crippen molar-refractivity contribution in [3.63, 3.8) is 0 Å². The third kappa shape index (κ3) is 5.36. The van der Waals surface area contributed by atoms with Crippen molar-refractivity contribution < 1.29 is 23.1 Å². The van der Waals surface area contributed by atoms with Crippen molar-refractivity contribution in [1.82, 2.24) is 10.2 Å². The van der Waals surface area contributed by atoms with Crippen LogP contribution in [-0.2, 0) is 4.79 Å². The summed E-state index contributed by atoms with van der Waals surface area (Å²) in [5.74, 6) is -0.279. The molecule has 1 heterocycles. The van der Waals surface area contributed by atoms with Crippen molar-refractivity contribution in [2.45, 2.75) is 45.0 Å². The molecule has 2 N–H and O–H groups in total. The van der Waals surface area contributed by atoms with Gasteiger partial charge in [-0.05, 0) is 13.3 Å². The lowest BCUT2D eigenvalue weighted by molar-refractivity contribution is -0.136. The number of amides is 1. The lowest BCUT2D eigenvalue weighted by Gasteiger charge is -2.39. The van der Waals surface area contributed by atoms with Gasteiger partial charge in [0.2, 0.25) is 5.91 Å². The van der Waals surface area contributed by atoms with Crippen molar-refractivity contribution in [1.29, 1.82) is 0 Å². The number of carbonyl (C=O) groups excluding carboxylic acids is 1. The maximum absolute atomic E-state index is 12.2. The Morgan fingerprint density at radius 1 is 1.47 bits per heavy atom. The molecule has 1 saturated heterocycles. The molecule has 0 spiro atoms. The molecule has 0 aromatic rings. The van der Waals surface area contributed by atoms with Crippen molar-refractivity contribution in [3.05, 3.63) is 0 Å². The molecule has 0 bridgehead atoms. The Morgan fingerprint density at radius 3 is 2.58 bits per heavy atom. The minimum absolute atomic E-state index is 0.0934. The molecule has 0 aliphatic carbocycles. The Morgan fingerprint density at radius 2 is 2.11 bits per heavy atom. The summed E-state index contributed by atoms with van der Waals surface area (Å²) in [6.45, 7) is 2.93. The molecule has 112 valence electrons. The van der Waals surface area contributed by atoms with Gasteiger partial charge in [0, 0.05) is 31.5 Å². The largest absolute Gasteiger partial charge is 0.401 e. The summed E-state index contributed by atoms with van der Waals surface area (Å²) in [6, 6.07) is -0.425. The molecule has 0 radical (unpaired) electrons.